The first-order valence-electron chi connectivity index (χ1n) is 11.2. The molecule has 7 rings (SSSR count). The molecule has 4 aromatic carbocycles. The molecule has 6 aromatic rings. The highest BCUT2D eigenvalue weighted by molar-refractivity contribution is 6.07. The Morgan fingerprint density at radius 3 is 2.34 bits per heavy atom. The van der Waals surface area contributed by atoms with Crippen LogP contribution >= 0.6 is 0 Å². The molecule has 0 bridgehead atoms. The van der Waals surface area contributed by atoms with Gasteiger partial charge in [0, 0.05) is 49.4 Å². The highest BCUT2D eigenvalue weighted by Gasteiger charge is 2.17. The van der Waals surface area contributed by atoms with E-state index >= 15 is 0 Å². The van der Waals surface area contributed by atoms with Crippen LogP contribution in [0, 0.1) is 0 Å². The van der Waals surface area contributed by atoms with E-state index in [1.165, 1.54) is 54.5 Å². The average molecular weight is 411 g/mol. The third kappa shape index (κ3) is 2.53. The first-order chi connectivity index (χ1) is 15.9. The van der Waals surface area contributed by atoms with Crippen LogP contribution in [-0.2, 0) is 0 Å². The molecular weight excluding hydrogens is 388 g/mol. The van der Waals surface area contributed by atoms with Crippen LogP contribution in [0.5, 0.6) is 0 Å². The lowest BCUT2D eigenvalue weighted by Gasteiger charge is -2.15. The summed E-state index contributed by atoms with van der Waals surface area (Å²) in [6.45, 7) is 0. The summed E-state index contributed by atoms with van der Waals surface area (Å²) in [5.74, 6) is 0.371. The molecule has 0 amide bonds. The molecule has 0 saturated heterocycles. The molecule has 0 spiro atoms. The third-order valence-electron chi connectivity index (χ3n) is 6.86. The first-order valence-corrected chi connectivity index (χ1v) is 11.2. The zero-order valence-corrected chi connectivity index (χ0v) is 17.6. The van der Waals surface area contributed by atoms with Gasteiger partial charge < -0.3 is 9.55 Å². The van der Waals surface area contributed by atoms with Gasteiger partial charge in [-0.25, -0.2) is 0 Å². The quantitative estimate of drug-likeness (QED) is 0.361. The zero-order chi connectivity index (χ0) is 21.1. The normalized spacial score (nSPS) is 15.6. The van der Waals surface area contributed by atoms with Crippen LogP contribution in [0.1, 0.15) is 17.9 Å². The zero-order valence-electron chi connectivity index (χ0n) is 17.6. The van der Waals surface area contributed by atoms with Crippen LogP contribution in [0.2, 0.25) is 0 Å². The molecule has 1 aliphatic carbocycles. The number of benzene rings is 4. The summed E-state index contributed by atoms with van der Waals surface area (Å²) >= 11 is 0. The highest BCUT2D eigenvalue weighted by atomic mass is 15.0. The maximum Gasteiger partial charge on any atom is 0.0540 e. The molecule has 1 unspecified atom stereocenters. The molecule has 0 fully saturated rings. The number of H-pyrrole nitrogens is 1. The Kier molecular flexibility index (Phi) is 3.71. The average Bonchev–Trinajstić information content (AvgIpc) is 3.39. The summed E-state index contributed by atoms with van der Waals surface area (Å²) in [6, 6.07) is 34.9. The molecular formula is C30H22N2. The lowest BCUT2D eigenvalue weighted by molar-refractivity contribution is 0.909. The summed E-state index contributed by atoms with van der Waals surface area (Å²) < 4.78 is 2.40. The van der Waals surface area contributed by atoms with Crippen molar-refractivity contribution in [3.8, 4) is 5.69 Å². The first kappa shape index (κ1) is 17.6. The Morgan fingerprint density at radius 2 is 1.44 bits per heavy atom. The van der Waals surface area contributed by atoms with E-state index in [0.29, 0.717) is 5.92 Å². The van der Waals surface area contributed by atoms with Crippen molar-refractivity contribution in [3.63, 3.8) is 0 Å². The number of aromatic nitrogens is 2. The van der Waals surface area contributed by atoms with Crippen molar-refractivity contribution in [3.05, 3.63) is 113 Å². The van der Waals surface area contributed by atoms with Gasteiger partial charge in [0.15, 0.2) is 0 Å². The van der Waals surface area contributed by atoms with Crippen LogP contribution in [0.4, 0.5) is 0 Å². The van der Waals surface area contributed by atoms with E-state index in [0.717, 1.165) is 6.42 Å². The molecule has 152 valence electrons. The van der Waals surface area contributed by atoms with Gasteiger partial charge >= 0.3 is 0 Å². The second kappa shape index (κ2) is 6.73. The number of hydrogen-bond acceptors (Lipinski definition) is 0. The fraction of sp³-hybridized carbons (Fsp3) is 0.0667. The SMILES string of the molecule is C1=c2c(n(-c3ccccc3)c3ccccc23)=CCC1c1ccc2[nH]c3ccccc3c2c1. The number of fused-ring (bicyclic) bond motifs is 6. The van der Waals surface area contributed by atoms with Gasteiger partial charge in [-0.1, -0.05) is 72.8 Å². The van der Waals surface area contributed by atoms with Gasteiger partial charge in [0.05, 0.1) is 5.52 Å². The van der Waals surface area contributed by atoms with Gasteiger partial charge in [0.1, 0.15) is 0 Å². The van der Waals surface area contributed by atoms with E-state index in [4.69, 9.17) is 0 Å². The number of nitrogens with zero attached hydrogens (tertiary/aromatic N) is 1. The van der Waals surface area contributed by atoms with Crippen molar-refractivity contribution in [2.24, 2.45) is 0 Å². The molecule has 0 saturated carbocycles. The van der Waals surface area contributed by atoms with Gasteiger partial charge in [-0.2, -0.15) is 0 Å². The molecule has 1 atom stereocenters. The van der Waals surface area contributed by atoms with E-state index in [9.17, 15) is 0 Å². The van der Waals surface area contributed by atoms with Crippen molar-refractivity contribution in [2.75, 3.05) is 0 Å². The van der Waals surface area contributed by atoms with Gasteiger partial charge in [-0.3, -0.25) is 0 Å². The summed E-state index contributed by atoms with van der Waals surface area (Å²) in [5.41, 5.74) is 6.26. The standard InChI is InChI=1S/C30H22N2/c1-2-8-22(9-3-1)32-29-13-7-5-11-24(29)26-19-21(15-17-30(26)32)20-14-16-28-25(18-20)23-10-4-6-12-27(23)31-28/h1-14,16-19,21,31H,15H2. The van der Waals surface area contributed by atoms with Crippen molar-refractivity contribution >= 4 is 44.9 Å². The number of aromatic amines is 1. The molecule has 2 heterocycles. The summed E-state index contributed by atoms with van der Waals surface area (Å²) in [7, 11) is 0. The summed E-state index contributed by atoms with van der Waals surface area (Å²) in [5, 5.41) is 6.58. The van der Waals surface area contributed by atoms with E-state index in [1.807, 2.05) is 0 Å². The summed E-state index contributed by atoms with van der Waals surface area (Å²) in [4.78, 5) is 3.55. The Bertz CT molecular complexity index is 1750. The maximum atomic E-state index is 3.55. The maximum absolute atomic E-state index is 3.55. The van der Waals surface area contributed by atoms with E-state index in [2.05, 4.69) is 119 Å². The molecule has 2 aromatic heterocycles. The van der Waals surface area contributed by atoms with Crippen molar-refractivity contribution in [1.29, 1.82) is 0 Å². The minimum Gasteiger partial charge on any atom is -0.355 e. The molecule has 2 nitrogen and oxygen atoms in total. The largest absolute Gasteiger partial charge is 0.355 e. The molecule has 0 radical (unpaired) electrons. The Labute approximate surface area is 185 Å². The van der Waals surface area contributed by atoms with Crippen molar-refractivity contribution < 1.29 is 0 Å². The lowest BCUT2D eigenvalue weighted by atomic mass is 9.90. The minimum absolute atomic E-state index is 0.371. The lowest BCUT2D eigenvalue weighted by Crippen LogP contribution is -2.31. The van der Waals surface area contributed by atoms with E-state index < -0.39 is 0 Å². The molecule has 1 N–H and O–H groups in total. The van der Waals surface area contributed by atoms with Crippen LogP contribution in [-0.4, -0.2) is 9.55 Å². The number of rotatable bonds is 2. The smallest absolute Gasteiger partial charge is 0.0540 e. The highest BCUT2D eigenvalue weighted by Crippen LogP contribution is 2.31. The number of hydrogen-bond donors (Lipinski definition) is 1. The molecule has 1 aliphatic rings. The van der Waals surface area contributed by atoms with Crippen LogP contribution < -0.4 is 10.6 Å². The van der Waals surface area contributed by atoms with Gasteiger partial charge in [0.25, 0.3) is 0 Å². The van der Waals surface area contributed by atoms with Crippen LogP contribution in [0.15, 0.2) is 97.1 Å². The van der Waals surface area contributed by atoms with Gasteiger partial charge in [0.2, 0.25) is 0 Å². The van der Waals surface area contributed by atoms with E-state index in [-0.39, 0.29) is 0 Å². The fourth-order valence-corrected chi connectivity index (χ4v) is 5.35. The Balaban J connectivity index is 1.45. The van der Waals surface area contributed by atoms with Crippen LogP contribution in [0.25, 0.3) is 50.5 Å². The predicted octanol–water partition coefficient (Wildman–Crippen LogP) is 6.01. The molecule has 32 heavy (non-hydrogen) atoms. The number of nitrogens with one attached hydrogen (secondary N) is 1. The second-order valence-electron chi connectivity index (χ2n) is 8.68. The molecule has 2 heteroatoms. The van der Waals surface area contributed by atoms with Crippen molar-refractivity contribution in [2.45, 2.75) is 12.3 Å². The predicted molar refractivity (Wildman–Crippen MR) is 135 cm³/mol. The Morgan fingerprint density at radius 1 is 0.688 bits per heavy atom. The second-order valence-corrected chi connectivity index (χ2v) is 8.68. The topological polar surface area (TPSA) is 20.7 Å². The summed E-state index contributed by atoms with van der Waals surface area (Å²) in [6.07, 6.45) is 5.91. The minimum atomic E-state index is 0.371. The molecule has 0 aliphatic heterocycles. The van der Waals surface area contributed by atoms with E-state index in [1.54, 1.807) is 0 Å². The Hall–Kier alpha value is -4.04. The van der Waals surface area contributed by atoms with Crippen LogP contribution in [0.3, 0.4) is 0 Å². The fourth-order valence-electron chi connectivity index (χ4n) is 5.35. The van der Waals surface area contributed by atoms with Gasteiger partial charge in [-0.05, 0) is 48.4 Å². The third-order valence-corrected chi connectivity index (χ3v) is 6.86. The van der Waals surface area contributed by atoms with Crippen molar-refractivity contribution in [1.82, 2.24) is 9.55 Å². The monoisotopic (exact) mass is 410 g/mol. The number of para-hydroxylation sites is 3. The van der Waals surface area contributed by atoms with Gasteiger partial charge in [-0.15, -0.1) is 0 Å².